The van der Waals surface area contributed by atoms with Gasteiger partial charge >= 0.3 is 0 Å². The molecule has 0 spiro atoms. The SMILES string of the molecule is Cc1ccccc1Nc1nc(C(=O)N(C)C2CCCCC2)cs1. The van der Waals surface area contributed by atoms with Crippen molar-refractivity contribution < 1.29 is 4.79 Å². The molecule has 0 radical (unpaired) electrons. The number of nitrogens with zero attached hydrogens (tertiary/aromatic N) is 2. The third-order valence-corrected chi connectivity index (χ3v) is 5.31. The average Bonchev–Trinajstić information content (AvgIpc) is 3.05. The standard InChI is InChI=1S/C18H23N3OS/c1-13-8-6-7-11-15(13)19-18-20-16(12-23-18)17(22)21(2)14-9-4-3-5-10-14/h6-8,11-12,14H,3-5,9-10H2,1-2H3,(H,19,20). The normalized spacial score (nSPS) is 15.4. The van der Waals surface area contributed by atoms with E-state index < -0.39 is 0 Å². The van der Waals surface area contributed by atoms with E-state index in [0.29, 0.717) is 11.7 Å². The number of hydrogen-bond donors (Lipinski definition) is 1. The van der Waals surface area contributed by atoms with E-state index in [4.69, 9.17) is 0 Å². The summed E-state index contributed by atoms with van der Waals surface area (Å²) in [6.07, 6.45) is 5.96. The number of hydrogen-bond acceptors (Lipinski definition) is 4. The first-order valence-corrected chi connectivity index (χ1v) is 9.08. The molecule has 1 saturated carbocycles. The van der Waals surface area contributed by atoms with Gasteiger partial charge in [-0.25, -0.2) is 4.98 Å². The van der Waals surface area contributed by atoms with E-state index >= 15 is 0 Å². The zero-order chi connectivity index (χ0) is 16.2. The van der Waals surface area contributed by atoms with Crippen molar-refractivity contribution in [2.24, 2.45) is 0 Å². The summed E-state index contributed by atoms with van der Waals surface area (Å²) in [5.41, 5.74) is 2.73. The number of carbonyl (C=O) groups excluding carboxylic acids is 1. The highest BCUT2D eigenvalue weighted by Gasteiger charge is 2.24. The fourth-order valence-electron chi connectivity index (χ4n) is 3.07. The Morgan fingerprint density at radius 2 is 2.00 bits per heavy atom. The second-order valence-electron chi connectivity index (χ2n) is 6.19. The molecule has 1 fully saturated rings. The van der Waals surface area contributed by atoms with Crippen LogP contribution in [0.25, 0.3) is 0 Å². The Morgan fingerprint density at radius 3 is 2.74 bits per heavy atom. The minimum atomic E-state index is 0.0333. The van der Waals surface area contributed by atoms with E-state index in [2.05, 4.69) is 23.3 Å². The maximum Gasteiger partial charge on any atom is 0.273 e. The first-order chi connectivity index (χ1) is 11.1. The molecule has 0 atom stereocenters. The molecule has 2 aromatic rings. The number of aryl methyl sites for hydroxylation is 1. The van der Waals surface area contributed by atoms with E-state index in [1.807, 2.05) is 35.5 Å². The van der Waals surface area contributed by atoms with Gasteiger partial charge in [-0.15, -0.1) is 11.3 Å². The quantitative estimate of drug-likeness (QED) is 0.891. The third-order valence-electron chi connectivity index (χ3n) is 4.55. The minimum Gasteiger partial charge on any atom is -0.337 e. The number of thiazole rings is 1. The number of anilines is 2. The predicted octanol–water partition coefficient (Wildman–Crippen LogP) is 4.60. The molecule has 3 rings (SSSR count). The van der Waals surface area contributed by atoms with Crippen molar-refractivity contribution in [1.29, 1.82) is 0 Å². The summed E-state index contributed by atoms with van der Waals surface area (Å²) < 4.78 is 0. The summed E-state index contributed by atoms with van der Waals surface area (Å²) in [6.45, 7) is 2.05. The Balaban J connectivity index is 1.68. The Labute approximate surface area is 141 Å². The largest absolute Gasteiger partial charge is 0.337 e. The molecule has 0 aliphatic heterocycles. The Hall–Kier alpha value is -1.88. The monoisotopic (exact) mass is 329 g/mol. The van der Waals surface area contributed by atoms with E-state index in [9.17, 15) is 4.79 Å². The fraction of sp³-hybridized carbons (Fsp3) is 0.444. The van der Waals surface area contributed by atoms with Gasteiger partial charge in [-0.3, -0.25) is 4.79 Å². The molecule has 1 N–H and O–H groups in total. The highest BCUT2D eigenvalue weighted by molar-refractivity contribution is 7.14. The third kappa shape index (κ3) is 3.72. The molecule has 1 amide bonds. The summed E-state index contributed by atoms with van der Waals surface area (Å²) in [6, 6.07) is 8.44. The van der Waals surface area contributed by atoms with Crippen molar-refractivity contribution in [1.82, 2.24) is 9.88 Å². The van der Waals surface area contributed by atoms with Gasteiger partial charge in [0, 0.05) is 24.2 Å². The minimum absolute atomic E-state index is 0.0333. The lowest BCUT2D eigenvalue weighted by molar-refractivity contribution is 0.0691. The highest BCUT2D eigenvalue weighted by Crippen LogP contribution is 2.26. The molecule has 122 valence electrons. The summed E-state index contributed by atoms with van der Waals surface area (Å²) in [4.78, 5) is 19.0. The van der Waals surface area contributed by atoms with Gasteiger partial charge in [0.15, 0.2) is 5.13 Å². The summed E-state index contributed by atoms with van der Waals surface area (Å²) >= 11 is 1.48. The van der Waals surface area contributed by atoms with E-state index in [1.54, 1.807) is 0 Å². The lowest BCUT2D eigenvalue weighted by atomic mass is 9.94. The van der Waals surface area contributed by atoms with Crippen LogP contribution in [0.15, 0.2) is 29.6 Å². The van der Waals surface area contributed by atoms with Crippen molar-refractivity contribution in [2.45, 2.75) is 45.1 Å². The van der Waals surface area contributed by atoms with Crippen LogP contribution in [0.1, 0.15) is 48.2 Å². The van der Waals surface area contributed by atoms with Crippen LogP contribution in [0, 0.1) is 6.92 Å². The Bertz CT molecular complexity index is 676. The molecule has 0 bridgehead atoms. The number of amides is 1. The van der Waals surface area contributed by atoms with Crippen LogP contribution in [0.4, 0.5) is 10.8 Å². The van der Waals surface area contributed by atoms with Gasteiger partial charge < -0.3 is 10.2 Å². The van der Waals surface area contributed by atoms with Crippen molar-refractivity contribution in [2.75, 3.05) is 12.4 Å². The molecule has 4 nitrogen and oxygen atoms in total. The van der Waals surface area contributed by atoms with Crippen LogP contribution in [-0.2, 0) is 0 Å². The van der Waals surface area contributed by atoms with Crippen LogP contribution in [0.3, 0.4) is 0 Å². The van der Waals surface area contributed by atoms with Crippen LogP contribution in [0.2, 0.25) is 0 Å². The number of para-hydroxylation sites is 1. The molecule has 0 unspecified atom stereocenters. The number of rotatable bonds is 4. The highest BCUT2D eigenvalue weighted by atomic mass is 32.1. The number of aromatic nitrogens is 1. The van der Waals surface area contributed by atoms with Crippen molar-refractivity contribution in [3.05, 3.63) is 40.9 Å². The van der Waals surface area contributed by atoms with Gasteiger partial charge in [0.2, 0.25) is 0 Å². The summed E-state index contributed by atoms with van der Waals surface area (Å²) in [5, 5.41) is 5.92. The fourth-order valence-corrected chi connectivity index (χ4v) is 3.77. The maximum absolute atomic E-state index is 12.6. The molecular formula is C18H23N3OS. The summed E-state index contributed by atoms with van der Waals surface area (Å²) in [7, 11) is 1.91. The average molecular weight is 329 g/mol. The Morgan fingerprint density at radius 1 is 1.26 bits per heavy atom. The first kappa shape index (κ1) is 16.0. The molecule has 0 saturated heterocycles. The number of carbonyl (C=O) groups is 1. The topological polar surface area (TPSA) is 45.2 Å². The maximum atomic E-state index is 12.6. The molecule has 1 aliphatic carbocycles. The Kier molecular flexibility index (Phi) is 4.96. The first-order valence-electron chi connectivity index (χ1n) is 8.20. The molecular weight excluding hydrogens is 306 g/mol. The zero-order valence-corrected chi connectivity index (χ0v) is 14.5. The van der Waals surface area contributed by atoms with Crippen molar-refractivity contribution in [3.63, 3.8) is 0 Å². The van der Waals surface area contributed by atoms with Gasteiger partial charge in [-0.1, -0.05) is 37.5 Å². The number of nitrogens with one attached hydrogen (secondary N) is 1. The predicted molar refractivity (Wildman–Crippen MR) is 95.5 cm³/mol. The van der Waals surface area contributed by atoms with Crippen LogP contribution < -0.4 is 5.32 Å². The van der Waals surface area contributed by atoms with Crippen molar-refractivity contribution in [3.8, 4) is 0 Å². The zero-order valence-electron chi connectivity index (χ0n) is 13.7. The second-order valence-corrected chi connectivity index (χ2v) is 7.04. The van der Waals surface area contributed by atoms with Crippen LogP contribution in [-0.4, -0.2) is 28.9 Å². The van der Waals surface area contributed by atoms with Crippen molar-refractivity contribution >= 4 is 28.1 Å². The van der Waals surface area contributed by atoms with Gasteiger partial charge in [0.25, 0.3) is 5.91 Å². The van der Waals surface area contributed by atoms with Crippen LogP contribution >= 0.6 is 11.3 Å². The van der Waals surface area contributed by atoms with Gasteiger partial charge in [-0.05, 0) is 31.4 Å². The lowest BCUT2D eigenvalue weighted by Crippen LogP contribution is -2.38. The summed E-state index contributed by atoms with van der Waals surface area (Å²) in [5.74, 6) is 0.0333. The van der Waals surface area contributed by atoms with E-state index in [0.717, 1.165) is 29.2 Å². The molecule has 1 aromatic carbocycles. The van der Waals surface area contributed by atoms with Crippen LogP contribution in [0.5, 0.6) is 0 Å². The van der Waals surface area contributed by atoms with E-state index in [1.165, 1.54) is 30.6 Å². The van der Waals surface area contributed by atoms with Gasteiger partial charge in [0.1, 0.15) is 5.69 Å². The molecule has 1 aromatic heterocycles. The van der Waals surface area contributed by atoms with Gasteiger partial charge in [0.05, 0.1) is 0 Å². The molecule has 1 heterocycles. The smallest absolute Gasteiger partial charge is 0.273 e. The van der Waals surface area contributed by atoms with E-state index in [-0.39, 0.29) is 5.91 Å². The molecule has 23 heavy (non-hydrogen) atoms. The number of benzene rings is 1. The lowest BCUT2D eigenvalue weighted by Gasteiger charge is -2.30. The molecule has 1 aliphatic rings. The molecule has 5 heteroatoms. The van der Waals surface area contributed by atoms with Gasteiger partial charge in [-0.2, -0.15) is 0 Å². The second kappa shape index (κ2) is 7.13.